The van der Waals surface area contributed by atoms with Crippen molar-refractivity contribution in [1.82, 2.24) is 10.3 Å². The first-order valence-electron chi connectivity index (χ1n) is 6.48. The molecule has 1 amide bonds. The number of carbonyl (C=O) groups excluding carboxylic acids is 1. The molecule has 2 aliphatic rings. The van der Waals surface area contributed by atoms with Gasteiger partial charge < -0.3 is 5.32 Å². The van der Waals surface area contributed by atoms with Gasteiger partial charge >= 0.3 is 0 Å². The minimum Gasteiger partial charge on any atom is -0.356 e. The van der Waals surface area contributed by atoms with Crippen LogP contribution in [0.25, 0.3) is 0 Å². The van der Waals surface area contributed by atoms with Crippen LogP contribution in [0.1, 0.15) is 31.4 Å². The predicted octanol–water partition coefficient (Wildman–Crippen LogP) is 1.93. The molecule has 3 heteroatoms. The Bertz CT molecular complexity index is 411. The number of rotatable bonds is 5. The molecule has 1 heterocycles. The average molecular weight is 230 g/mol. The lowest BCUT2D eigenvalue weighted by Crippen LogP contribution is -2.27. The Morgan fingerprint density at radius 2 is 2.35 bits per heavy atom. The number of aryl methyl sites for hydroxylation is 1. The van der Waals surface area contributed by atoms with Crippen LogP contribution < -0.4 is 5.32 Å². The second kappa shape index (κ2) is 4.13. The minimum atomic E-state index is 0.281. The largest absolute Gasteiger partial charge is 0.356 e. The Labute approximate surface area is 102 Å². The van der Waals surface area contributed by atoms with Crippen molar-refractivity contribution in [2.24, 2.45) is 11.3 Å². The Balaban J connectivity index is 1.34. The fraction of sp³-hybridized carbons (Fsp3) is 0.571. The summed E-state index contributed by atoms with van der Waals surface area (Å²) in [6.07, 6.45) is 7.42. The summed E-state index contributed by atoms with van der Waals surface area (Å²) in [6, 6.07) is 5.96. The van der Waals surface area contributed by atoms with Crippen molar-refractivity contribution in [2.45, 2.75) is 32.1 Å². The summed E-state index contributed by atoms with van der Waals surface area (Å²) < 4.78 is 0. The van der Waals surface area contributed by atoms with Crippen LogP contribution in [0, 0.1) is 11.3 Å². The summed E-state index contributed by atoms with van der Waals surface area (Å²) >= 11 is 0. The highest BCUT2D eigenvalue weighted by atomic mass is 16.2. The Hall–Kier alpha value is -1.38. The van der Waals surface area contributed by atoms with Gasteiger partial charge in [0, 0.05) is 24.4 Å². The van der Waals surface area contributed by atoms with Crippen LogP contribution in [0.4, 0.5) is 0 Å². The van der Waals surface area contributed by atoms with E-state index in [1.54, 1.807) is 0 Å². The number of hydrogen-bond donors (Lipinski definition) is 1. The zero-order valence-corrected chi connectivity index (χ0v) is 9.98. The van der Waals surface area contributed by atoms with E-state index in [4.69, 9.17) is 0 Å². The summed E-state index contributed by atoms with van der Waals surface area (Å²) in [5.74, 6) is 0.626. The third-order valence-electron chi connectivity index (χ3n) is 4.03. The number of nitrogens with zero attached hydrogens (tertiary/aromatic N) is 1. The first-order chi connectivity index (χ1) is 8.30. The summed E-state index contributed by atoms with van der Waals surface area (Å²) in [6.45, 7) is 0.780. The first kappa shape index (κ1) is 10.8. The number of amides is 1. The molecular formula is C14H18N2O. The van der Waals surface area contributed by atoms with Gasteiger partial charge in [-0.25, -0.2) is 0 Å². The van der Waals surface area contributed by atoms with Crippen molar-refractivity contribution in [3.63, 3.8) is 0 Å². The maximum Gasteiger partial charge on any atom is 0.223 e. The number of pyridine rings is 1. The van der Waals surface area contributed by atoms with Crippen molar-refractivity contribution < 1.29 is 4.79 Å². The molecule has 0 radical (unpaired) electrons. The Morgan fingerprint density at radius 3 is 3.00 bits per heavy atom. The number of hydrogen-bond acceptors (Lipinski definition) is 2. The van der Waals surface area contributed by atoms with E-state index in [1.807, 2.05) is 24.4 Å². The van der Waals surface area contributed by atoms with E-state index in [9.17, 15) is 4.79 Å². The van der Waals surface area contributed by atoms with E-state index in [2.05, 4.69) is 10.3 Å². The van der Waals surface area contributed by atoms with Gasteiger partial charge in [0.1, 0.15) is 0 Å². The maximum atomic E-state index is 11.7. The zero-order chi connectivity index (χ0) is 11.7. The van der Waals surface area contributed by atoms with Crippen molar-refractivity contribution >= 4 is 5.91 Å². The summed E-state index contributed by atoms with van der Waals surface area (Å²) in [5, 5.41) is 3.04. The lowest BCUT2D eigenvalue weighted by Gasteiger charge is -2.04. The minimum absolute atomic E-state index is 0.281. The highest BCUT2D eigenvalue weighted by Crippen LogP contribution is 2.70. The van der Waals surface area contributed by atoms with Gasteiger partial charge in [-0.2, -0.15) is 0 Å². The molecule has 17 heavy (non-hydrogen) atoms. The van der Waals surface area contributed by atoms with Crippen LogP contribution >= 0.6 is 0 Å². The van der Waals surface area contributed by atoms with Crippen LogP contribution in [0.3, 0.4) is 0 Å². The molecule has 1 atom stereocenters. The van der Waals surface area contributed by atoms with Gasteiger partial charge in [0.2, 0.25) is 5.91 Å². The highest BCUT2D eigenvalue weighted by Gasteiger charge is 2.65. The van der Waals surface area contributed by atoms with E-state index in [0.29, 0.717) is 11.3 Å². The smallest absolute Gasteiger partial charge is 0.223 e. The molecule has 90 valence electrons. The Morgan fingerprint density at radius 1 is 1.47 bits per heavy atom. The average Bonchev–Trinajstić information content (AvgIpc) is 3.27. The van der Waals surface area contributed by atoms with Gasteiger partial charge in [0.25, 0.3) is 0 Å². The van der Waals surface area contributed by atoms with Gasteiger partial charge in [-0.3, -0.25) is 9.78 Å². The normalized spacial score (nSPS) is 23.4. The molecule has 1 N–H and O–H groups in total. The quantitative estimate of drug-likeness (QED) is 0.785. The summed E-state index contributed by atoms with van der Waals surface area (Å²) in [4.78, 5) is 16.0. The number of carbonyl (C=O) groups is 1. The van der Waals surface area contributed by atoms with Crippen LogP contribution in [0.2, 0.25) is 0 Å². The van der Waals surface area contributed by atoms with Gasteiger partial charge in [-0.15, -0.1) is 0 Å². The molecule has 2 aliphatic carbocycles. The molecule has 1 aromatic heterocycles. The van der Waals surface area contributed by atoms with E-state index < -0.39 is 0 Å². The standard InChI is InChI=1S/C14H18N2O/c17-13(12-10-14(12)6-7-14)16-9-3-5-11-4-1-2-8-15-11/h1-2,4,8,12H,3,5-7,9-10H2,(H,16,17)/t12-/m1/s1. The van der Waals surface area contributed by atoms with Crippen molar-refractivity contribution in [2.75, 3.05) is 6.54 Å². The molecule has 1 aromatic rings. The van der Waals surface area contributed by atoms with E-state index in [1.165, 1.54) is 12.8 Å². The monoisotopic (exact) mass is 230 g/mol. The second-order valence-corrected chi connectivity index (χ2v) is 5.33. The third-order valence-corrected chi connectivity index (χ3v) is 4.03. The lowest BCUT2D eigenvalue weighted by atomic mass is 10.2. The molecule has 2 saturated carbocycles. The van der Waals surface area contributed by atoms with Gasteiger partial charge in [-0.05, 0) is 49.7 Å². The van der Waals surface area contributed by atoms with Gasteiger partial charge in [0.05, 0.1) is 0 Å². The van der Waals surface area contributed by atoms with Crippen molar-refractivity contribution in [1.29, 1.82) is 0 Å². The van der Waals surface area contributed by atoms with Crippen LogP contribution in [0.5, 0.6) is 0 Å². The SMILES string of the molecule is O=C(NCCCc1ccccn1)[C@H]1CC12CC2. The second-order valence-electron chi connectivity index (χ2n) is 5.33. The Kier molecular flexibility index (Phi) is 2.61. The first-order valence-corrected chi connectivity index (χ1v) is 6.48. The van der Waals surface area contributed by atoms with Crippen molar-refractivity contribution in [3.8, 4) is 0 Å². The molecule has 0 unspecified atom stereocenters. The molecule has 0 bridgehead atoms. The molecule has 0 aliphatic heterocycles. The van der Waals surface area contributed by atoms with E-state index >= 15 is 0 Å². The summed E-state index contributed by atoms with van der Waals surface area (Å²) in [5.41, 5.74) is 1.58. The van der Waals surface area contributed by atoms with Crippen LogP contribution in [-0.4, -0.2) is 17.4 Å². The number of aromatic nitrogens is 1. The van der Waals surface area contributed by atoms with E-state index in [-0.39, 0.29) is 5.91 Å². The fourth-order valence-corrected chi connectivity index (χ4v) is 2.58. The third kappa shape index (κ3) is 2.33. The van der Waals surface area contributed by atoms with Crippen molar-refractivity contribution in [3.05, 3.63) is 30.1 Å². The fourth-order valence-electron chi connectivity index (χ4n) is 2.58. The lowest BCUT2D eigenvalue weighted by molar-refractivity contribution is -0.122. The highest BCUT2D eigenvalue weighted by molar-refractivity contribution is 5.83. The topological polar surface area (TPSA) is 42.0 Å². The maximum absolute atomic E-state index is 11.7. The van der Waals surface area contributed by atoms with Gasteiger partial charge in [-0.1, -0.05) is 6.07 Å². The summed E-state index contributed by atoms with van der Waals surface area (Å²) in [7, 11) is 0. The van der Waals surface area contributed by atoms with E-state index in [0.717, 1.165) is 31.5 Å². The zero-order valence-electron chi connectivity index (χ0n) is 9.98. The van der Waals surface area contributed by atoms with Crippen LogP contribution in [0.15, 0.2) is 24.4 Å². The molecule has 0 saturated heterocycles. The molecular weight excluding hydrogens is 212 g/mol. The molecule has 0 aromatic carbocycles. The van der Waals surface area contributed by atoms with Gasteiger partial charge in [0.15, 0.2) is 0 Å². The predicted molar refractivity (Wildman–Crippen MR) is 65.3 cm³/mol. The molecule has 1 spiro atoms. The number of nitrogens with one attached hydrogen (secondary N) is 1. The van der Waals surface area contributed by atoms with Crippen LogP contribution in [-0.2, 0) is 11.2 Å². The molecule has 3 nitrogen and oxygen atoms in total. The molecule has 2 fully saturated rings. The molecule has 3 rings (SSSR count).